The monoisotopic (exact) mass is 509 g/mol. The standard InChI is InChI=1S/C25H15F4N5OS/c26-19-7-3-4-15(10-19)13-30-32-23(35)20-14-36-24(31-20)34-21(12-22(33-34)25(27,28)29)18-9-8-16-5-1-2-6-17(16)11-18/h1-14H,(H,32,35)/b30-13+. The number of benzene rings is 3. The summed E-state index contributed by atoms with van der Waals surface area (Å²) in [4.78, 5) is 16.6. The maximum atomic E-state index is 13.5. The average molecular weight is 509 g/mol. The molecule has 0 spiro atoms. The molecule has 0 atom stereocenters. The van der Waals surface area contributed by atoms with Crippen LogP contribution in [0.15, 0.2) is 83.3 Å². The van der Waals surface area contributed by atoms with E-state index < -0.39 is 23.6 Å². The van der Waals surface area contributed by atoms with Gasteiger partial charge in [0.05, 0.1) is 11.9 Å². The van der Waals surface area contributed by atoms with Crippen molar-refractivity contribution in [1.29, 1.82) is 0 Å². The smallest absolute Gasteiger partial charge is 0.266 e. The van der Waals surface area contributed by atoms with E-state index in [1.54, 1.807) is 18.2 Å². The number of alkyl halides is 3. The number of fused-ring (bicyclic) bond motifs is 1. The van der Waals surface area contributed by atoms with Gasteiger partial charge in [-0.1, -0.05) is 48.5 Å². The number of hydrogen-bond donors (Lipinski definition) is 1. The Morgan fingerprint density at radius 1 is 1.00 bits per heavy atom. The summed E-state index contributed by atoms with van der Waals surface area (Å²) in [5.74, 6) is -1.13. The molecule has 0 unspecified atom stereocenters. The molecule has 11 heteroatoms. The van der Waals surface area contributed by atoms with Crippen molar-refractivity contribution >= 4 is 34.2 Å². The lowest BCUT2D eigenvalue weighted by Crippen LogP contribution is -2.18. The molecule has 36 heavy (non-hydrogen) atoms. The zero-order valence-corrected chi connectivity index (χ0v) is 19.0. The molecule has 180 valence electrons. The number of halogens is 4. The van der Waals surface area contributed by atoms with Crippen LogP contribution in [0.3, 0.4) is 0 Å². The summed E-state index contributed by atoms with van der Waals surface area (Å²) < 4.78 is 54.8. The molecule has 5 aromatic rings. The Labute approximate surface area is 205 Å². The van der Waals surface area contributed by atoms with E-state index in [0.717, 1.165) is 32.9 Å². The van der Waals surface area contributed by atoms with Gasteiger partial charge in [-0.2, -0.15) is 23.4 Å². The van der Waals surface area contributed by atoms with Gasteiger partial charge in [0.25, 0.3) is 5.91 Å². The molecule has 1 N–H and O–H groups in total. The minimum absolute atomic E-state index is 0.0556. The first-order chi connectivity index (χ1) is 17.3. The SMILES string of the molecule is O=C(N/N=C/c1cccc(F)c1)c1csc(-n2nc(C(F)(F)F)cc2-c2ccc3ccccc3c2)n1. The number of carbonyl (C=O) groups excluding carboxylic acids is 1. The summed E-state index contributed by atoms with van der Waals surface area (Å²) in [5.41, 5.74) is 2.26. The molecule has 0 bridgehead atoms. The lowest BCUT2D eigenvalue weighted by Gasteiger charge is -2.06. The summed E-state index contributed by atoms with van der Waals surface area (Å²) in [6.07, 6.45) is -3.41. The van der Waals surface area contributed by atoms with Crippen LogP contribution in [-0.4, -0.2) is 26.9 Å². The molecule has 0 aliphatic carbocycles. The van der Waals surface area contributed by atoms with Crippen molar-refractivity contribution in [2.45, 2.75) is 6.18 Å². The van der Waals surface area contributed by atoms with E-state index >= 15 is 0 Å². The first-order valence-electron chi connectivity index (χ1n) is 10.5. The van der Waals surface area contributed by atoms with Gasteiger partial charge in [0, 0.05) is 10.9 Å². The van der Waals surface area contributed by atoms with Crippen LogP contribution in [0.4, 0.5) is 17.6 Å². The summed E-state index contributed by atoms with van der Waals surface area (Å²) in [5, 5.41) is 10.8. The van der Waals surface area contributed by atoms with Crippen LogP contribution in [0.2, 0.25) is 0 Å². The van der Waals surface area contributed by atoms with Gasteiger partial charge in [-0.25, -0.2) is 19.5 Å². The van der Waals surface area contributed by atoms with Gasteiger partial charge in [0.15, 0.2) is 5.69 Å². The molecule has 5 rings (SSSR count). The topological polar surface area (TPSA) is 72.2 Å². The Bertz CT molecular complexity index is 1610. The maximum absolute atomic E-state index is 13.5. The van der Waals surface area contributed by atoms with Crippen LogP contribution < -0.4 is 5.43 Å². The van der Waals surface area contributed by atoms with E-state index in [1.807, 2.05) is 30.3 Å². The summed E-state index contributed by atoms with van der Waals surface area (Å²) in [7, 11) is 0. The van der Waals surface area contributed by atoms with Crippen LogP contribution in [0.5, 0.6) is 0 Å². The molecule has 0 radical (unpaired) electrons. The molecule has 3 aromatic carbocycles. The second-order valence-corrected chi connectivity index (χ2v) is 8.49. The van der Waals surface area contributed by atoms with Crippen molar-refractivity contribution in [3.8, 4) is 16.4 Å². The molecular formula is C25H15F4N5OS. The van der Waals surface area contributed by atoms with Crippen molar-refractivity contribution in [1.82, 2.24) is 20.2 Å². The van der Waals surface area contributed by atoms with E-state index in [1.165, 1.54) is 29.8 Å². The average Bonchev–Trinajstić information content (AvgIpc) is 3.51. The molecule has 0 aliphatic heterocycles. The van der Waals surface area contributed by atoms with Gasteiger partial charge in [-0.15, -0.1) is 11.3 Å². The number of nitrogens with zero attached hydrogens (tertiary/aromatic N) is 4. The molecule has 6 nitrogen and oxygen atoms in total. The normalized spacial score (nSPS) is 11.9. The number of aromatic nitrogens is 3. The van der Waals surface area contributed by atoms with Crippen LogP contribution in [0.25, 0.3) is 27.2 Å². The van der Waals surface area contributed by atoms with Gasteiger partial charge in [-0.3, -0.25) is 4.79 Å². The number of thiazole rings is 1. The van der Waals surface area contributed by atoms with Gasteiger partial charge in [0.1, 0.15) is 11.5 Å². The quantitative estimate of drug-likeness (QED) is 0.178. The minimum Gasteiger partial charge on any atom is -0.266 e. The minimum atomic E-state index is -4.67. The van der Waals surface area contributed by atoms with Crippen molar-refractivity contribution in [2.24, 2.45) is 5.10 Å². The summed E-state index contributed by atoms with van der Waals surface area (Å²) in [6, 6.07) is 19.3. The molecule has 2 aromatic heterocycles. The first kappa shape index (κ1) is 23.4. The highest BCUT2D eigenvalue weighted by atomic mass is 32.1. The third-order valence-corrected chi connectivity index (χ3v) is 6.00. The van der Waals surface area contributed by atoms with Gasteiger partial charge >= 0.3 is 6.18 Å². The first-order valence-corrected chi connectivity index (χ1v) is 11.4. The predicted octanol–water partition coefficient (Wildman–Crippen LogP) is 6.07. The molecule has 1 amide bonds. The number of nitrogens with one attached hydrogen (secondary N) is 1. The third-order valence-electron chi connectivity index (χ3n) is 5.18. The number of carbonyl (C=O) groups is 1. The largest absolute Gasteiger partial charge is 0.435 e. The Morgan fingerprint density at radius 2 is 1.81 bits per heavy atom. The highest BCUT2D eigenvalue weighted by Crippen LogP contribution is 2.34. The van der Waals surface area contributed by atoms with E-state index in [-0.39, 0.29) is 16.5 Å². The van der Waals surface area contributed by atoms with Crippen molar-refractivity contribution in [2.75, 3.05) is 0 Å². The zero-order valence-electron chi connectivity index (χ0n) is 18.2. The summed E-state index contributed by atoms with van der Waals surface area (Å²) >= 11 is 0.959. The second kappa shape index (κ2) is 9.34. The Kier molecular flexibility index (Phi) is 6.06. The Morgan fingerprint density at radius 3 is 2.58 bits per heavy atom. The van der Waals surface area contributed by atoms with Crippen LogP contribution in [0.1, 0.15) is 21.7 Å². The number of hydrazone groups is 1. The molecule has 2 heterocycles. The highest BCUT2D eigenvalue weighted by Gasteiger charge is 2.35. The van der Waals surface area contributed by atoms with Gasteiger partial charge < -0.3 is 0 Å². The lowest BCUT2D eigenvalue weighted by atomic mass is 10.0. The van der Waals surface area contributed by atoms with Crippen LogP contribution in [0, 0.1) is 5.82 Å². The molecule has 0 aliphatic rings. The molecule has 0 saturated carbocycles. The molecule has 0 saturated heterocycles. The molecular weight excluding hydrogens is 494 g/mol. The van der Waals surface area contributed by atoms with Crippen LogP contribution in [-0.2, 0) is 6.18 Å². The van der Waals surface area contributed by atoms with E-state index in [0.29, 0.717) is 11.1 Å². The summed E-state index contributed by atoms with van der Waals surface area (Å²) in [6.45, 7) is 0. The van der Waals surface area contributed by atoms with Crippen molar-refractivity contribution in [3.63, 3.8) is 0 Å². The second-order valence-electron chi connectivity index (χ2n) is 7.66. The van der Waals surface area contributed by atoms with Crippen LogP contribution >= 0.6 is 11.3 Å². The van der Waals surface area contributed by atoms with Gasteiger partial charge in [0.2, 0.25) is 5.13 Å². The van der Waals surface area contributed by atoms with Gasteiger partial charge in [-0.05, 0) is 40.6 Å². The van der Waals surface area contributed by atoms with E-state index in [2.05, 4.69) is 20.6 Å². The van der Waals surface area contributed by atoms with E-state index in [4.69, 9.17) is 0 Å². The number of amides is 1. The fraction of sp³-hybridized carbons (Fsp3) is 0.0400. The third kappa shape index (κ3) is 4.86. The molecule has 0 fully saturated rings. The Hall–Kier alpha value is -4.38. The predicted molar refractivity (Wildman–Crippen MR) is 129 cm³/mol. The number of rotatable bonds is 5. The zero-order chi connectivity index (χ0) is 25.3. The van der Waals surface area contributed by atoms with E-state index in [9.17, 15) is 22.4 Å². The Balaban J connectivity index is 1.45. The fourth-order valence-electron chi connectivity index (χ4n) is 3.50. The number of hydrogen-bond acceptors (Lipinski definition) is 5. The maximum Gasteiger partial charge on any atom is 0.435 e. The van der Waals surface area contributed by atoms with Crippen molar-refractivity contribution in [3.05, 3.63) is 101 Å². The fourth-order valence-corrected chi connectivity index (χ4v) is 4.26. The van der Waals surface area contributed by atoms with Crippen molar-refractivity contribution < 1.29 is 22.4 Å². The highest BCUT2D eigenvalue weighted by molar-refractivity contribution is 7.12. The lowest BCUT2D eigenvalue weighted by molar-refractivity contribution is -0.141.